The molecule has 1 amide bonds. The molecule has 160 valence electrons. The predicted octanol–water partition coefficient (Wildman–Crippen LogP) is 1.72. The van der Waals surface area contributed by atoms with Crippen molar-refractivity contribution in [3.8, 4) is 0 Å². The zero-order chi connectivity index (χ0) is 20.8. The van der Waals surface area contributed by atoms with Crippen LogP contribution >= 0.6 is 11.6 Å². The second-order valence-electron chi connectivity index (χ2n) is 7.74. The zero-order valence-corrected chi connectivity index (χ0v) is 17.7. The molecule has 0 spiro atoms. The number of nitrogens with zero attached hydrogens (tertiary/aromatic N) is 3. The average molecular weight is 426 g/mol. The van der Waals surface area contributed by atoms with Gasteiger partial charge < -0.3 is 25.2 Å². The van der Waals surface area contributed by atoms with Gasteiger partial charge in [0.2, 0.25) is 5.91 Å². The van der Waals surface area contributed by atoms with Crippen molar-refractivity contribution < 1.29 is 13.9 Å². The van der Waals surface area contributed by atoms with Crippen molar-refractivity contribution in [3.05, 3.63) is 29.0 Å². The van der Waals surface area contributed by atoms with Crippen LogP contribution in [0.4, 0.5) is 10.1 Å². The highest BCUT2D eigenvalue weighted by Gasteiger charge is 2.25. The second-order valence-corrected chi connectivity index (χ2v) is 8.15. The lowest BCUT2D eigenvalue weighted by molar-refractivity contribution is -0.127. The SMILES string of the molecule is CN(C)C(=O)CN=C(NCC1CCOC1)NC1CCN(c2ccc(F)c(Cl)c2)C1. The minimum absolute atomic E-state index is 0.0516. The van der Waals surface area contributed by atoms with Gasteiger partial charge in [0.1, 0.15) is 12.4 Å². The van der Waals surface area contributed by atoms with Gasteiger partial charge in [0, 0.05) is 58.0 Å². The number of anilines is 1. The lowest BCUT2D eigenvalue weighted by Crippen LogP contribution is -2.46. The quantitative estimate of drug-likeness (QED) is 0.536. The molecule has 2 aliphatic rings. The molecule has 0 aliphatic carbocycles. The first-order valence-electron chi connectivity index (χ1n) is 9.95. The maximum Gasteiger partial charge on any atom is 0.243 e. The lowest BCUT2D eigenvalue weighted by atomic mass is 10.1. The van der Waals surface area contributed by atoms with Crippen molar-refractivity contribution in [1.82, 2.24) is 15.5 Å². The van der Waals surface area contributed by atoms with Crippen LogP contribution in [0.15, 0.2) is 23.2 Å². The van der Waals surface area contributed by atoms with Gasteiger partial charge in [-0.2, -0.15) is 0 Å². The summed E-state index contributed by atoms with van der Waals surface area (Å²) in [5, 5.41) is 6.92. The van der Waals surface area contributed by atoms with Gasteiger partial charge in [-0.3, -0.25) is 4.79 Å². The topological polar surface area (TPSA) is 69.2 Å². The Morgan fingerprint density at radius 3 is 2.93 bits per heavy atom. The Morgan fingerprint density at radius 1 is 1.41 bits per heavy atom. The van der Waals surface area contributed by atoms with Gasteiger partial charge in [-0.15, -0.1) is 0 Å². The molecule has 0 aromatic heterocycles. The first kappa shape index (κ1) is 21.6. The summed E-state index contributed by atoms with van der Waals surface area (Å²) in [5.41, 5.74) is 0.901. The fourth-order valence-corrected chi connectivity index (χ4v) is 3.59. The summed E-state index contributed by atoms with van der Waals surface area (Å²) in [5.74, 6) is 0.623. The molecule has 2 heterocycles. The third kappa shape index (κ3) is 6.21. The van der Waals surface area contributed by atoms with Gasteiger partial charge in [0.25, 0.3) is 0 Å². The summed E-state index contributed by atoms with van der Waals surface area (Å²) >= 11 is 5.92. The van der Waals surface area contributed by atoms with Gasteiger partial charge in [0.15, 0.2) is 5.96 Å². The number of carbonyl (C=O) groups is 1. The molecule has 1 aromatic carbocycles. The van der Waals surface area contributed by atoms with Crippen LogP contribution in [0.25, 0.3) is 0 Å². The van der Waals surface area contributed by atoms with E-state index >= 15 is 0 Å². The molecule has 7 nitrogen and oxygen atoms in total. The Labute approximate surface area is 176 Å². The van der Waals surface area contributed by atoms with Gasteiger partial charge >= 0.3 is 0 Å². The van der Waals surface area contributed by atoms with E-state index in [1.807, 2.05) is 0 Å². The summed E-state index contributed by atoms with van der Waals surface area (Å²) in [6, 6.07) is 4.96. The molecule has 2 atom stereocenters. The van der Waals surface area contributed by atoms with Crippen LogP contribution in [0.1, 0.15) is 12.8 Å². The van der Waals surface area contributed by atoms with E-state index in [0.717, 1.165) is 51.4 Å². The van der Waals surface area contributed by atoms with Crippen LogP contribution in [0.3, 0.4) is 0 Å². The number of ether oxygens (including phenoxy) is 1. The van der Waals surface area contributed by atoms with Crippen molar-refractivity contribution in [2.45, 2.75) is 18.9 Å². The Bertz CT molecular complexity index is 740. The van der Waals surface area contributed by atoms with Crippen molar-refractivity contribution in [1.29, 1.82) is 0 Å². The Balaban J connectivity index is 1.59. The number of amides is 1. The van der Waals surface area contributed by atoms with E-state index in [4.69, 9.17) is 16.3 Å². The van der Waals surface area contributed by atoms with Crippen molar-refractivity contribution in [3.63, 3.8) is 0 Å². The van der Waals surface area contributed by atoms with Crippen molar-refractivity contribution in [2.24, 2.45) is 10.9 Å². The number of likely N-dealkylation sites (N-methyl/N-ethyl adjacent to an activating group) is 1. The predicted molar refractivity (Wildman–Crippen MR) is 113 cm³/mol. The minimum Gasteiger partial charge on any atom is -0.381 e. The van der Waals surface area contributed by atoms with Gasteiger partial charge in [-0.25, -0.2) is 9.38 Å². The number of guanidine groups is 1. The van der Waals surface area contributed by atoms with Crippen LogP contribution in [-0.2, 0) is 9.53 Å². The van der Waals surface area contributed by atoms with Gasteiger partial charge in [0.05, 0.1) is 11.6 Å². The van der Waals surface area contributed by atoms with Crippen LogP contribution in [-0.4, -0.2) is 76.3 Å². The van der Waals surface area contributed by atoms with Crippen molar-refractivity contribution in [2.75, 3.05) is 58.4 Å². The Morgan fingerprint density at radius 2 is 2.24 bits per heavy atom. The highest BCUT2D eigenvalue weighted by molar-refractivity contribution is 6.31. The summed E-state index contributed by atoms with van der Waals surface area (Å²) in [7, 11) is 3.44. The molecule has 2 aliphatic heterocycles. The van der Waals surface area contributed by atoms with E-state index < -0.39 is 5.82 Å². The normalized spacial score (nSPS) is 22.1. The van der Waals surface area contributed by atoms with Gasteiger partial charge in [-0.05, 0) is 31.0 Å². The Hall–Kier alpha value is -2.06. The van der Waals surface area contributed by atoms with Crippen molar-refractivity contribution >= 4 is 29.2 Å². The highest BCUT2D eigenvalue weighted by Crippen LogP contribution is 2.25. The fourth-order valence-electron chi connectivity index (χ4n) is 3.41. The molecular weight excluding hydrogens is 397 g/mol. The average Bonchev–Trinajstić information content (AvgIpc) is 3.37. The number of halogens is 2. The summed E-state index contributed by atoms with van der Waals surface area (Å²) in [4.78, 5) is 20.1. The van der Waals surface area contributed by atoms with E-state index in [1.54, 1.807) is 26.2 Å². The summed E-state index contributed by atoms with van der Waals surface area (Å²) in [6.45, 7) is 3.97. The maximum absolute atomic E-state index is 13.4. The van der Waals surface area contributed by atoms with Crippen LogP contribution in [0, 0.1) is 11.7 Å². The third-order valence-corrected chi connectivity index (χ3v) is 5.54. The molecule has 9 heteroatoms. The molecule has 2 unspecified atom stereocenters. The first-order valence-corrected chi connectivity index (χ1v) is 10.3. The van der Waals surface area contributed by atoms with E-state index in [9.17, 15) is 9.18 Å². The van der Waals surface area contributed by atoms with Crippen LogP contribution < -0.4 is 15.5 Å². The number of hydrogen-bond donors (Lipinski definition) is 2. The number of rotatable bonds is 6. The molecular formula is C20H29ClFN5O2. The molecule has 2 fully saturated rings. The zero-order valence-electron chi connectivity index (χ0n) is 17.0. The minimum atomic E-state index is -0.413. The van der Waals surface area contributed by atoms with E-state index in [2.05, 4.69) is 20.5 Å². The molecule has 29 heavy (non-hydrogen) atoms. The standard InChI is InChI=1S/C20H29ClFN5O2/c1-26(2)19(28)11-24-20(23-10-14-6-8-29-13-14)25-15-5-7-27(12-15)16-3-4-18(22)17(21)9-16/h3-4,9,14-15H,5-8,10-13H2,1-2H3,(H2,23,24,25). The Kier molecular flexibility index (Phi) is 7.55. The largest absolute Gasteiger partial charge is 0.381 e. The number of carbonyl (C=O) groups excluding carboxylic acids is 1. The number of benzene rings is 1. The number of nitrogens with one attached hydrogen (secondary N) is 2. The van der Waals surface area contributed by atoms with Crippen LogP contribution in [0.2, 0.25) is 5.02 Å². The molecule has 0 saturated carbocycles. The smallest absolute Gasteiger partial charge is 0.243 e. The molecule has 0 bridgehead atoms. The molecule has 2 N–H and O–H groups in total. The summed E-state index contributed by atoms with van der Waals surface area (Å²) in [6.07, 6.45) is 1.93. The number of hydrogen-bond acceptors (Lipinski definition) is 4. The molecule has 0 radical (unpaired) electrons. The maximum atomic E-state index is 13.4. The monoisotopic (exact) mass is 425 g/mol. The molecule has 3 rings (SSSR count). The lowest BCUT2D eigenvalue weighted by Gasteiger charge is -2.21. The third-order valence-electron chi connectivity index (χ3n) is 5.25. The van der Waals surface area contributed by atoms with E-state index in [0.29, 0.717) is 11.9 Å². The molecule has 1 aromatic rings. The highest BCUT2D eigenvalue weighted by atomic mass is 35.5. The summed E-state index contributed by atoms with van der Waals surface area (Å²) < 4.78 is 18.9. The fraction of sp³-hybridized carbons (Fsp3) is 0.600. The molecule has 2 saturated heterocycles. The van der Waals surface area contributed by atoms with E-state index in [1.165, 1.54) is 11.0 Å². The second kappa shape index (κ2) is 10.1. The van der Waals surface area contributed by atoms with E-state index in [-0.39, 0.29) is 23.5 Å². The number of aliphatic imine (C=N–C) groups is 1. The van der Waals surface area contributed by atoms with Gasteiger partial charge in [-0.1, -0.05) is 11.6 Å². The van der Waals surface area contributed by atoms with Crippen LogP contribution in [0.5, 0.6) is 0 Å². The first-order chi connectivity index (χ1) is 13.9.